The van der Waals surface area contributed by atoms with Gasteiger partial charge in [0.2, 0.25) is 5.91 Å². The van der Waals surface area contributed by atoms with Gasteiger partial charge in [0.15, 0.2) is 0 Å². The van der Waals surface area contributed by atoms with E-state index < -0.39 is 0 Å². The molecule has 2 heterocycles. The lowest BCUT2D eigenvalue weighted by Gasteiger charge is -2.24. The third-order valence-corrected chi connectivity index (χ3v) is 4.65. The summed E-state index contributed by atoms with van der Waals surface area (Å²) in [5.41, 5.74) is 14.0. The van der Waals surface area contributed by atoms with Gasteiger partial charge >= 0.3 is 0 Å². The summed E-state index contributed by atoms with van der Waals surface area (Å²) in [5.74, 6) is 0.600. The van der Waals surface area contributed by atoms with Crippen molar-refractivity contribution in [2.24, 2.45) is 27.4 Å². The molecule has 0 saturated carbocycles. The first-order chi connectivity index (χ1) is 13.1. The molecule has 0 spiro atoms. The van der Waals surface area contributed by atoms with Crippen LogP contribution in [0.1, 0.15) is 32.6 Å². The van der Waals surface area contributed by atoms with Crippen molar-refractivity contribution in [3.8, 4) is 0 Å². The first-order valence-corrected chi connectivity index (χ1v) is 9.65. The number of amidine groups is 1. The van der Waals surface area contributed by atoms with E-state index in [1.54, 1.807) is 6.08 Å². The van der Waals surface area contributed by atoms with Crippen LogP contribution in [0, 0.1) is 5.92 Å². The normalized spacial score (nSPS) is 22.3. The van der Waals surface area contributed by atoms with E-state index >= 15 is 0 Å². The molecule has 6 heteroatoms. The van der Waals surface area contributed by atoms with Crippen LogP contribution >= 0.6 is 0 Å². The number of hydrogen-bond acceptors (Lipinski definition) is 5. The third-order valence-electron chi connectivity index (χ3n) is 4.65. The predicted molar refractivity (Wildman–Crippen MR) is 113 cm³/mol. The molecular formula is C21H31N5O. The van der Waals surface area contributed by atoms with Gasteiger partial charge in [0, 0.05) is 31.8 Å². The number of primary amides is 1. The van der Waals surface area contributed by atoms with Gasteiger partial charge < -0.3 is 16.4 Å². The van der Waals surface area contributed by atoms with Crippen molar-refractivity contribution in [3.05, 3.63) is 48.2 Å². The summed E-state index contributed by atoms with van der Waals surface area (Å²) < 4.78 is 0. The van der Waals surface area contributed by atoms with E-state index in [9.17, 15) is 4.79 Å². The summed E-state index contributed by atoms with van der Waals surface area (Å²) >= 11 is 0. The largest absolute Gasteiger partial charge is 0.369 e. The lowest BCUT2D eigenvalue weighted by molar-refractivity contribution is -0.121. The zero-order valence-electron chi connectivity index (χ0n) is 16.2. The zero-order chi connectivity index (χ0) is 19.6. The Balaban J connectivity index is 2.34. The van der Waals surface area contributed by atoms with Crippen LogP contribution in [0.25, 0.3) is 0 Å². The minimum atomic E-state index is -0.237. The number of nitrogens with zero attached hydrogens (tertiary/aromatic N) is 3. The van der Waals surface area contributed by atoms with Crippen molar-refractivity contribution in [1.29, 1.82) is 0 Å². The Morgan fingerprint density at radius 1 is 1.52 bits per heavy atom. The van der Waals surface area contributed by atoms with E-state index in [2.05, 4.69) is 29.5 Å². The Bertz CT molecular complexity index is 699. The van der Waals surface area contributed by atoms with Crippen molar-refractivity contribution >= 4 is 17.5 Å². The Hall–Kier alpha value is -2.47. The smallest absolute Gasteiger partial charge is 0.222 e. The van der Waals surface area contributed by atoms with Crippen molar-refractivity contribution < 1.29 is 4.79 Å². The number of carbonyl (C=O) groups excluding carboxylic acids is 1. The molecule has 0 radical (unpaired) electrons. The van der Waals surface area contributed by atoms with E-state index in [0.717, 1.165) is 48.6 Å². The van der Waals surface area contributed by atoms with Gasteiger partial charge in [-0.25, -0.2) is 4.99 Å². The van der Waals surface area contributed by atoms with Crippen LogP contribution in [-0.2, 0) is 4.79 Å². The molecule has 2 rings (SSSR count). The number of nitrogens with two attached hydrogens (primary N) is 2. The standard InChI is InChI=1S/C21H31N5O/c1-3-5-7-16(8-6-4-2)19-13-18(24-11-10-22)14-20(25-19)26-12-9-17(15-26)21(23)27/h3,5,7-8,13,17H,1,4,6,9-12,14-15,22H2,2H3,(H2,23,27)/b7-5-,16-8+,24-18-. The Morgan fingerprint density at radius 3 is 2.96 bits per heavy atom. The number of rotatable bonds is 8. The fraction of sp³-hybridized carbons (Fsp3) is 0.476. The molecule has 0 aromatic rings. The average molecular weight is 370 g/mol. The van der Waals surface area contributed by atoms with Gasteiger partial charge in [-0.05, 0) is 24.5 Å². The second-order valence-corrected chi connectivity index (χ2v) is 6.77. The molecule has 27 heavy (non-hydrogen) atoms. The maximum atomic E-state index is 11.5. The third kappa shape index (κ3) is 6.03. The molecule has 1 saturated heterocycles. The van der Waals surface area contributed by atoms with Gasteiger partial charge in [-0.2, -0.15) is 0 Å². The minimum Gasteiger partial charge on any atom is -0.369 e. The summed E-state index contributed by atoms with van der Waals surface area (Å²) in [4.78, 5) is 23.2. The molecule has 0 aromatic carbocycles. The van der Waals surface area contributed by atoms with Crippen LogP contribution in [-0.4, -0.2) is 48.5 Å². The lowest BCUT2D eigenvalue weighted by atomic mass is 10.0. The quantitative estimate of drug-likeness (QED) is 0.643. The topological polar surface area (TPSA) is 97.1 Å². The second-order valence-electron chi connectivity index (χ2n) is 6.77. The fourth-order valence-electron chi connectivity index (χ4n) is 3.18. The zero-order valence-corrected chi connectivity index (χ0v) is 16.2. The molecule has 2 aliphatic heterocycles. The molecule has 146 valence electrons. The van der Waals surface area contributed by atoms with Crippen LogP contribution in [0.3, 0.4) is 0 Å². The summed E-state index contributed by atoms with van der Waals surface area (Å²) in [6.07, 6.45) is 13.4. The van der Waals surface area contributed by atoms with Crippen LogP contribution in [0.4, 0.5) is 0 Å². The molecule has 0 aliphatic carbocycles. The Morgan fingerprint density at radius 2 is 2.33 bits per heavy atom. The first-order valence-electron chi connectivity index (χ1n) is 9.65. The molecule has 1 amide bonds. The van der Waals surface area contributed by atoms with Gasteiger partial charge in [-0.1, -0.05) is 44.2 Å². The maximum absolute atomic E-state index is 11.5. The van der Waals surface area contributed by atoms with Crippen LogP contribution in [0.5, 0.6) is 0 Å². The van der Waals surface area contributed by atoms with E-state index in [1.807, 2.05) is 18.2 Å². The number of carbonyl (C=O) groups is 1. The Kier molecular flexibility index (Phi) is 8.20. The molecule has 0 aromatic heterocycles. The highest BCUT2D eigenvalue weighted by atomic mass is 16.1. The second kappa shape index (κ2) is 10.6. The number of unbranched alkanes of at least 4 members (excludes halogenated alkanes) is 1. The maximum Gasteiger partial charge on any atom is 0.222 e. The molecule has 1 unspecified atom stereocenters. The molecule has 4 N–H and O–H groups in total. The van der Waals surface area contributed by atoms with Gasteiger partial charge in [0.1, 0.15) is 5.84 Å². The molecular weight excluding hydrogens is 338 g/mol. The SMILES string of the molecule is C=C/C=C\C(=C/CCC)C1=C/C(=N/CCN)CC(N2CCC(C(N)=O)C2)=N1. The highest BCUT2D eigenvalue weighted by Gasteiger charge is 2.30. The average Bonchev–Trinajstić information content (AvgIpc) is 3.17. The first kappa shape index (κ1) is 20.8. The van der Waals surface area contributed by atoms with E-state index in [1.165, 1.54) is 0 Å². The lowest BCUT2D eigenvalue weighted by Crippen LogP contribution is -2.34. The highest BCUT2D eigenvalue weighted by molar-refractivity contribution is 6.12. The van der Waals surface area contributed by atoms with Crippen molar-refractivity contribution in [1.82, 2.24) is 4.90 Å². The summed E-state index contributed by atoms with van der Waals surface area (Å²) in [7, 11) is 0. The number of aliphatic imine (C=N–C) groups is 2. The molecule has 0 bridgehead atoms. The van der Waals surface area contributed by atoms with E-state index in [4.69, 9.17) is 16.5 Å². The summed E-state index contributed by atoms with van der Waals surface area (Å²) in [6.45, 7) is 8.43. The van der Waals surface area contributed by atoms with Gasteiger partial charge in [0.25, 0.3) is 0 Å². The number of hydrogen-bond donors (Lipinski definition) is 2. The van der Waals surface area contributed by atoms with Crippen molar-refractivity contribution in [2.45, 2.75) is 32.6 Å². The molecule has 2 aliphatic rings. The monoisotopic (exact) mass is 369 g/mol. The molecule has 1 atom stereocenters. The number of likely N-dealkylation sites (tertiary alicyclic amines) is 1. The van der Waals surface area contributed by atoms with Crippen LogP contribution in [0.2, 0.25) is 0 Å². The van der Waals surface area contributed by atoms with Crippen LogP contribution in [0.15, 0.2) is 58.2 Å². The van der Waals surface area contributed by atoms with E-state index in [-0.39, 0.29) is 11.8 Å². The number of amides is 1. The Labute approximate surface area is 162 Å². The van der Waals surface area contributed by atoms with Crippen molar-refractivity contribution in [2.75, 3.05) is 26.2 Å². The highest BCUT2D eigenvalue weighted by Crippen LogP contribution is 2.24. The van der Waals surface area contributed by atoms with Crippen LogP contribution < -0.4 is 11.5 Å². The van der Waals surface area contributed by atoms with Gasteiger partial charge in [-0.15, -0.1) is 0 Å². The van der Waals surface area contributed by atoms with Gasteiger partial charge in [0.05, 0.1) is 18.2 Å². The molecule has 1 fully saturated rings. The van der Waals surface area contributed by atoms with Crippen molar-refractivity contribution in [3.63, 3.8) is 0 Å². The fourth-order valence-corrected chi connectivity index (χ4v) is 3.18. The number of allylic oxidation sites excluding steroid dienone is 5. The predicted octanol–water partition coefficient (Wildman–Crippen LogP) is 2.35. The van der Waals surface area contributed by atoms with E-state index in [0.29, 0.717) is 26.1 Å². The summed E-state index contributed by atoms with van der Waals surface area (Å²) in [5, 5.41) is 0. The minimum absolute atomic E-state index is 0.109. The summed E-state index contributed by atoms with van der Waals surface area (Å²) in [6, 6.07) is 0. The van der Waals surface area contributed by atoms with Gasteiger partial charge in [-0.3, -0.25) is 9.79 Å². The molecule has 6 nitrogen and oxygen atoms in total.